The zero-order valence-electron chi connectivity index (χ0n) is 11.1. The maximum absolute atomic E-state index is 11.2. The quantitative estimate of drug-likeness (QED) is 0.906. The number of hydrogen-bond donors (Lipinski definition) is 2. The van der Waals surface area contributed by atoms with Crippen LogP contribution in [0.3, 0.4) is 0 Å². The molecule has 0 spiro atoms. The van der Waals surface area contributed by atoms with Crippen molar-refractivity contribution in [2.45, 2.75) is 6.10 Å². The van der Waals surface area contributed by atoms with Crippen LogP contribution in [0.1, 0.15) is 27.6 Å². The van der Waals surface area contributed by atoms with Gasteiger partial charge in [-0.2, -0.15) is 0 Å². The SMILES string of the molecule is COc1cc(C(N)=O)ccc1[C@H](O)c1ccc(Cl)c(Cl)c1. The van der Waals surface area contributed by atoms with Gasteiger partial charge in [0.25, 0.3) is 0 Å². The van der Waals surface area contributed by atoms with Gasteiger partial charge in [0.1, 0.15) is 11.9 Å². The lowest BCUT2D eigenvalue weighted by Gasteiger charge is -2.16. The predicted octanol–water partition coefficient (Wildman–Crippen LogP) is 3.18. The molecule has 2 aromatic rings. The third-order valence-corrected chi connectivity index (χ3v) is 3.81. The maximum atomic E-state index is 11.2. The Bertz CT molecular complexity index is 689. The molecule has 0 bridgehead atoms. The van der Waals surface area contributed by atoms with E-state index in [0.717, 1.165) is 0 Å². The molecule has 2 rings (SSSR count). The van der Waals surface area contributed by atoms with Gasteiger partial charge in [0, 0.05) is 11.1 Å². The number of amides is 1. The first-order valence-electron chi connectivity index (χ1n) is 6.04. The van der Waals surface area contributed by atoms with Gasteiger partial charge in [0.15, 0.2) is 0 Å². The molecule has 0 aliphatic heterocycles. The summed E-state index contributed by atoms with van der Waals surface area (Å²) in [5.74, 6) is -0.200. The number of halogens is 2. The Morgan fingerprint density at radius 2 is 1.90 bits per heavy atom. The van der Waals surface area contributed by atoms with Crippen LogP contribution in [0.4, 0.5) is 0 Å². The molecule has 1 amide bonds. The number of carbonyl (C=O) groups is 1. The molecule has 0 fully saturated rings. The fourth-order valence-corrected chi connectivity index (χ4v) is 2.26. The number of hydrogen-bond acceptors (Lipinski definition) is 3. The smallest absolute Gasteiger partial charge is 0.248 e. The Morgan fingerprint density at radius 3 is 2.48 bits per heavy atom. The Balaban J connectivity index is 2.44. The van der Waals surface area contributed by atoms with Crippen LogP contribution in [-0.2, 0) is 0 Å². The van der Waals surface area contributed by atoms with Gasteiger partial charge in [0.2, 0.25) is 5.91 Å². The normalized spacial score (nSPS) is 12.0. The van der Waals surface area contributed by atoms with Crippen molar-refractivity contribution in [1.29, 1.82) is 0 Å². The average Bonchev–Trinajstić information content (AvgIpc) is 2.48. The van der Waals surface area contributed by atoms with E-state index in [9.17, 15) is 9.90 Å². The highest BCUT2D eigenvalue weighted by molar-refractivity contribution is 6.42. The van der Waals surface area contributed by atoms with E-state index in [4.69, 9.17) is 33.7 Å². The summed E-state index contributed by atoms with van der Waals surface area (Å²) in [6, 6.07) is 9.45. The van der Waals surface area contributed by atoms with Crippen LogP contribution in [0.2, 0.25) is 10.0 Å². The number of methoxy groups -OCH3 is 1. The Morgan fingerprint density at radius 1 is 1.19 bits per heavy atom. The van der Waals surface area contributed by atoms with Gasteiger partial charge in [-0.05, 0) is 29.8 Å². The molecule has 6 heteroatoms. The first-order valence-corrected chi connectivity index (χ1v) is 6.80. The lowest BCUT2D eigenvalue weighted by atomic mass is 9.99. The second kappa shape index (κ2) is 6.35. The topological polar surface area (TPSA) is 72.5 Å². The van der Waals surface area contributed by atoms with E-state index in [1.54, 1.807) is 24.3 Å². The van der Waals surface area contributed by atoms with Gasteiger partial charge in [-0.15, -0.1) is 0 Å². The van der Waals surface area contributed by atoms with Crippen molar-refractivity contribution in [3.63, 3.8) is 0 Å². The molecule has 21 heavy (non-hydrogen) atoms. The molecule has 0 aromatic heterocycles. The minimum absolute atomic E-state index is 0.303. The largest absolute Gasteiger partial charge is 0.496 e. The number of rotatable bonds is 4. The fraction of sp³-hybridized carbons (Fsp3) is 0.133. The number of carbonyl (C=O) groups excluding carboxylic acids is 1. The van der Waals surface area contributed by atoms with Crippen LogP contribution in [0, 0.1) is 0 Å². The van der Waals surface area contributed by atoms with Gasteiger partial charge >= 0.3 is 0 Å². The van der Waals surface area contributed by atoms with Gasteiger partial charge < -0.3 is 15.6 Å². The fourth-order valence-electron chi connectivity index (χ4n) is 1.95. The van der Waals surface area contributed by atoms with Gasteiger partial charge in [-0.1, -0.05) is 35.3 Å². The van der Waals surface area contributed by atoms with Crippen LogP contribution in [0.5, 0.6) is 5.75 Å². The first kappa shape index (κ1) is 15.6. The highest BCUT2D eigenvalue weighted by Crippen LogP contribution is 2.33. The van der Waals surface area contributed by atoms with Crippen molar-refractivity contribution < 1.29 is 14.6 Å². The van der Waals surface area contributed by atoms with Crippen molar-refractivity contribution >= 4 is 29.1 Å². The van der Waals surface area contributed by atoms with Crippen molar-refractivity contribution in [2.24, 2.45) is 5.73 Å². The molecule has 0 saturated heterocycles. The van der Waals surface area contributed by atoms with E-state index < -0.39 is 12.0 Å². The molecule has 0 heterocycles. The molecule has 2 aromatic carbocycles. The van der Waals surface area contributed by atoms with Crippen molar-refractivity contribution in [1.82, 2.24) is 0 Å². The Kier molecular flexibility index (Phi) is 4.73. The van der Waals surface area contributed by atoms with E-state index >= 15 is 0 Å². The first-order chi connectivity index (χ1) is 9.93. The summed E-state index contributed by atoms with van der Waals surface area (Å²) in [6.07, 6.45) is -0.961. The number of ether oxygens (including phenoxy) is 1. The summed E-state index contributed by atoms with van der Waals surface area (Å²) in [4.78, 5) is 11.2. The second-order valence-electron chi connectivity index (χ2n) is 4.40. The molecular formula is C15H13Cl2NO3. The van der Waals surface area contributed by atoms with Gasteiger partial charge in [-0.25, -0.2) is 0 Å². The molecule has 0 radical (unpaired) electrons. The summed E-state index contributed by atoms with van der Waals surface area (Å²) in [5, 5.41) is 11.2. The predicted molar refractivity (Wildman–Crippen MR) is 82.0 cm³/mol. The Hall–Kier alpha value is -1.75. The summed E-state index contributed by atoms with van der Waals surface area (Å²) < 4.78 is 5.21. The zero-order chi connectivity index (χ0) is 15.6. The minimum Gasteiger partial charge on any atom is -0.496 e. The van der Waals surface area contributed by atoms with Crippen molar-refractivity contribution in [2.75, 3.05) is 7.11 Å². The molecule has 0 unspecified atom stereocenters. The summed E-state index contributed by atoms with van der Waals surface area (Å²) >= 11 is 11.8. The highest BCUT2D eigenvalue weighted by atomic mass is 35.5. The molecule has 1 atom stereocenters. The zero-order valence-corrected chi connectivity index (χ0v) is 12.7. The molecule has 4 nitrogen and oxygen atoms in total. The monoisotopic (exact) mass is 325 g/mol. The third-order valence-electron chi connectivity index (χ3n) is 3.07. The van der Waals surface area contributed by atoms with E-state index in [1.807, 2.05) is 0 Å². The van der Waals surface area contributed by atoms with E-state index in [-0.39, 0.29) is 0 Å². The summed E-state index contributed by atoms with van der Waals surface area (Å²) in [7, 11) is 1.45. The molecule has 110 valence electrons. The van der Waals surface area contributed by atoms with E-state index in [0.29, 0.717) is 32.5 Å². The van der Waals surface area contributed by atoms with Crippen LogP contribution in [0.15, 0.2) is 36.4 Å². The number of aliphatic hydroxyl groups is 1. The molecule has 0 aliphatic rings. The Labute approximate surface area is 132 Å². The second-order valence-corrected chi connectivity index (χ2v) is 5.21. The van der Waals surface area contributed by atoms with E-state index in [1.165, 1.54) is 19.2 Å². The number of aliphatic hydroxyl groups excluding tert-OH is 1. The standard InChI is InChI=1S/C15H13Cl2NO3/c1-21-13-7-9(15(18)20)2-4-10(13)14(19)8-3-5-11(16)12(17)6-8/h2-7,14,19H,1H3,(H2,18,20)/t14-/m1/s1. The lowest BCUT2D eigenvalue weighted by Crippen LogP contribution is -2.12. The summed E-state index contributed by atoms with van der Waals surface area (Å²) in [6.45, 7) is 0. The maximum Gasteiger partial charge on any atom is 0.248 e. The van der Waals surface area contributed by atoms with Crippen LogP contribution >= 0.6 is 23.2 Å². The van der Waals surface area contributed by atoms with Crippen LogP contribution in [-0.4, -0.2) is 18.1 Å². The van der Waals surface area contributed by atoms with Crippen LogP contribution < -0.4 is 10.5 Å². The molecule has 3 N–H and O–H groups in total. The molecule has 0 saturated carbocycles. The number of benzene rings is 2. The molecule has 0 aliphatic carbocycles. The number of nitrogens with two attached hydrogens (primary N) is 1. The third kappa shape index (κ3) is 3.29. The van der Waals surface area contributed by atoms with E-state index in [2.05, 4.69) is 0 Å². The molecular weight excluding hydrogens is 313 g/mol. The average molecular weight is 326 g/mol. The highest BCUT2D eigenvalue weighted by Gasteiger charge is 2.17. The lowest BCUT2D eigenvalue weighted by molar-refractivity contribution is 0.0999. The minimum atomic E-state index is -0.961. The van der Waals surface area contributed by atoms with Crippen molar-refractivity contribution in [3.05, 3.63) is 63.1 Å². The number of primary amides is 1. The van der Waals surface area contributed by atoms with Gasteiger partial charge in [-0.3, -0.25) is 4.79 Å². The van der Waals surface area contributed by atoms with Crippen molar-refractivity contribution in [3.8, 4) is 5.75 Å². The summed E-state index contributed by atoms with van der Waals surface area (Å²) in [5.41, 5.74) is 6.59. The van der Waals surface area contributed by atoms with Crippen LogP contribution in [0.25, 0.3) is 0 Å². The van der Waals surface area contributed by atoms with Gasteiger partial charge in [0.05, 0.1) is 17.2 Å².